The molecule has 2 aliphatic carbocycles. The minimum atomic E-state index is -1.49. The van der Waals surface area contributed by atoms with E-state index in [1.807, 2.05) is 11.5 Å². The van der Waals surface area contributed by atoms with Crippen LogP contribution in [0.4, 0.5) is 8.78 Å². The molecule has 0 radical (unpaired) electrons. The first-order chi connectivity index (χ1) is 8.18. The Morgan fingerprint density at radius 2 is 2.06 bits per heavy atom. The lowest BCUT2D eigenvalue weighted by atomic mass is 10.1. The van der Waals surface area contributed by atoms with Crippen LogP contribution < -0.4 is 10.7 Å². The van der Waals surface area contributed by atoms with Gasteiger partial charge >= 0.3 is 0 Å². The topological polar surface area (TPSA) is 17.8 Å². The summed E-state index contributed by atoms with van der Waals surface area (Å²) in [6.07, 6.45) is 4.77. The number of alkyl halides is 1. The van der Waals surface area contributed by atoms with Gasteiger partial charge in [0.2, 0.25) is 0 Å². The predicted molar refractivity (Wildman–Crippen MR) is 62.2 cm³/mol. The van der Waals surface area contributed by atoms with Crippen LogP contribution in [-0.4, -0.2) is 15.7 Å². The number of aryl methyl sites for hydroxylation is 1. The van der Waals surface area contributed by atoms with Crippen LogP contribution in [-0.2, 0) is 0 Å². The number of imidazole rings is 1. The van der Waals surface area contributed by atoms with Crippen molar-refractivity contribution in [2.24, 2.45) is 0 Å². The molecular weight excluding hydrogens is 222 g/mol. The highest BCUT2D eigenvalue weighted by atomic mass is 19.2. The third-order valence-electron chi connectivity index (χ3n) is 3.82. The van der Waals surface area contributed by atoms with E-state index in [0.717, 1.165) is 18.7 Å². The molecule has 0 N–H and O–H groups in total. The molecule has 17 heavy (non-hydrogen) atoms. The van der Waals surface area contributed by atoms with Crippen LogP contribution in [0.5, 0.6) is 0 Å². The normalized spacial score (nSPS) is 24.9. The van der Waals surface area contributed by atoms with E-state index in [9.17, 15) is 8.78 Å². The molecule has 1 fully saturated rings. The van der Waals surface area contributed by atoms with E-state index < -0.39 is 12.0 Å². The number of hydrogen-bond acceptors (Lipinski definition) is 1. The highest BCUT2D eigenvalue weighted by Gasteiger charge is 2.25. The first-order valence-electron chi connectivity index (χ1n) is 6.27. The second-order valence-corrected chi connectivity index (χ2v) is 4.96. The Labute approximate surface area is 98.7 Å². The van der Waals surface area contributed by atoms with E-state index >= 15 is 0 Å². The predicted octanol–water partition coefficient (Wildman–Crippen LogP) is 1.91. The van der Waals surface area contributed by atoms with Crippen molar-refractivity contribution in [1.82, 2.24) is 9.55 Å². The average Bonchev–Trinajstić information content (AvgIpc) is 2.90. The van der Waals surface area contributed by atoms with Crippen LogP contribution in [0.15, 0.2) is 0 Å². The smallest absolute Gasteiger partial charge is 0.160 e. The Balaban J connectivity index is 2.26. The van der Waals surface area contributed by atoms with Crippen LogP contribution in [0.3, 0.4) is 0 Å². The molecule has 1 saturated carbocycles. The maximum Gasteiger partial charge on any atom is 0.160 e. The summed E-state index contributed by atoms with van der Waals surface area (Å²) in [5.74, 6) is 0.178. The highest BCUT2D eigenvalue weighted by molar-refractivity contribution is 5.47. The van der Waals surface area contributed by atoms with Gasteiger partial charge in [-0.15, -0.1) is 0 Å². The summed E-state index contributed by atoms with van der Waals surface area (Å²) >= 11 is 0. The maximum atomic E-state index is 14.0. The monoisotopic (exact) mass is 238 g/mol. The van der Waals surface area contributed by atoms with Gasteiger partial charge in [-0.1, -0.05) is 18.9 Å². The van der Waals surface area contributed by atoms with E-state index in [1.54, 1.807) is 6.08 Å². The summed E-state index contributed by atoms with van der Waals surface area (Å²) in [4.78, 5) is 4.36. The zero-order chi connectivity index (χ0) is 12.0. The molecule has 0 amide bonds. The molecule has 3 rings (SSSR count). The summed E-state index contributed by atoms with van der Waals surface area (Å²) in [6.45, 7) is 1.88. The summed E-state index contributed by atoms with van der Waals surface area (Å²) in [7, 11) is 0. The number of aromatic nitrogens is 2. The van der Waals surface area contributed by atoms with Crippen molar-refractivity contribution in [3.05, 3.63) is 16.5 Å². The van der Waals surface area contributed by atoms with Crippen LogP contribution in [0.2, 0.25) is 0 Å². The lowest BCUT2D eigenvalue weighted by molar-refractivity contribution is 0.374. The molecular formula is C13H16F2N2. The Morgan fingerprint density at radius 1 is 1.35 bits per heavy atom. The minimum absolute atomic E-state index is 0.111. The lowest BCUT2D eigenvalue weighted by Gasteiger charge is -2.15. The van der Waals surface area contributed by atoms with Gasteiger partial charge in [0.15, 0.2) is 12.0 Å². The Bertz CT molecular complexity index is 553. The molecule has 0 aromatic carbocycles. The molecule has 0 aliphatic heterocycles. The molecule has 1 atom stereocenters. The van der Waals surface area contributed by atoms with Crippen molar-refractivity contribution in [2.75, 3.05) is 0 Å². The number of fused-ring (bicyclic) bond motifs is 1. The Hall–Kier alpha value is -1.19. The molecule has 0 spiro atoms. The first kappa shape index (κ1) is 10.9. The van der Waals surface area contributed by atoms with Crippen LogP contribution in [0.1, 0.15) is 44.0 Å². The SMILES string of the molecule is Cc1nc2c(n1C1CCCC1)=C(F)C(F)CC=2. The second kappa shape index (κ2) is 3.93. The van der Waals surface area contributed by atoms with Gasteiger partial charge < -0.3 is 4.57 Å². The number of halogens is 2. The minimum Gasteiger partial charge on any atom is -0.323 e. The number of nitrogens with zero attached hydrogens (tertiary/aromatic N) is 2. The average molecular weight is 238 g/mol. The Kier molecular flexibility index (Phi) is 2.53. The molecule has 0 bridgehead atoms. The standard InChI is InChI=1S/C13H16F2N2/c1-8-16-11-7-6-10(14)12(15)13(11)17(8)9-4-2-3-5-9/h7,9-10H,2-6H2,1H3. The van der Waals surface area contributed by atoms with Gasteiger partial charge in [-0.05, 0) is 19.8 Å². The van der Waals surface area contributed by atoms with E-state index in [-0.39, 0.29) is 6.42 Å². The maximum absolute atomic E-state index is 14.0. The summed E-state index contributed by atoms with van der Waals surface area (Å²) in [5, 5.41) is 1.02. The van der Waals surface area contributed by atoms with Crippen molar-refractivity contribution < 1.29 is 8.78 Å². The number of rotatable bonds is 1. The van der Waals surface area contributed by atoms with Crippen molar-refractivity contribution in [1.29, 1.82) is 0 Å². The zero-order valence-electron chi connectivity index (χ0n) is 9.92. The van der Waals surface area contributed by atoms with Crippen molar-refractivity contribution in [2.45, 2.75) is 51.2 Å². The Morgan fingerprint density at radius 3 is 2.76 bits per heavy atom. The fourth-order valence-electron chi connectivity index (χ4n) is 3.02. The van der Waals surface area contributed by atoms with Crippen molar-refractivity contribution in [3.8, 4) is 0 Å². The molecule has 1 aromatic heterocycles. The molecule has 1 heterocycles. The van der Waals surface area contributed by atoms with E-state index in [2.05, 4.69) is 4.98 Å². The molecule has 92 valence electrons. The van der Waals surface area contributed by atoms with Gasteiger partial charge in [-0.2, -0.15) is 0 Å². The molecule has 1 unspecified atom stereocenters. The quantitative estimate of drug-likeness (QED) is 0.730. The molecule has 2 nitrogen and oxygen atoms in total. The highest BCUT2D eigenvalue weighted by Crippen LogP contribution is 2.29. The lowest BCUT2D eigenvalue weighted by Crippen LogP contribution is -2.38. The van der Waals surface area contributed by atoms with E-state index in [1.165, 1.54) is 12.8 Å². The molecule has 2 aliphatic rings. The van der Waals surface area contributed by atoms with Crippen LogP contribution >= 0.6 is 0 Å². The summed E-state index contributed by atoms with van der Waals surface area (Å²) < 4.78 is 29.3. The van der Waals surface area contributed by atoms with Gasteiger partial charge in [0.1, 0.15) is 11.2 Å². The van der Waals surface area contributed by atoms with Gasteiger partial charge in [0.25, 0.3) is 0 Å². The molecule has 0 saturated heterocycles. The van der Waals surface area contributed by atoms with Gasteiger partial charge in [0.05, 0.1) is 5.35 Å². The number of hydrogen-bond donors (Lipinski definition) is 0. The molecule has 4 heteroatoms. The van der Waals surface area contributed by atoms with E-state index in [4.69, 9.17) is 0 Å². The van der Waals surface area contributed by atoms with Crippen LogP contribution in [0, 0.1) is 6.92 Å². The van der Waals surface area contributed by atoms with Gasteiger partial charge in [0, 0.05) is 12.5 Å². The fraction of sp³-hybridized carbons (Fsp3) is 0.615. The van der Waals surface area contributed by atoms with Crippen molar-refractivity contribution in [3.63, 3.8) is 0 Å². The van der Waals surface area contributed by atoms with Crippen LogP contribution in [0.25, 0.3) is 11.9 Å². The van der Waals surface area contributed by atoms with E-state index in [0.29, 0.717) is 16.7 Å². The third kappa shape index (κ3) is 1.61. The molecule has 1 aromatic rings. The second-order valence-electron chi connectivity index (χ2n) is 4.96. The third-order valence-corrected chi connectivity index (χ3v) is 3.82. The summed E-state index contributed by atoms with van der Waals surface area (Å²) in [5.41, 5.74) is 0. The summed E-state index contributed by atoms with van der Waals surface area (Å²) in [6, 6.07) is 0.302. The van der Waals surface area contributed by atoms with Gasteiger partial charge in [-0.3, -0.25) is 0 Å². The zero-order valence-corrected chi connectivity index (χ0v) is 9.92. The fourth-order valence-corrected chi connectivity index (χ4v) is 3.02. The van der Waals surface area contributed by atoms with Gasteiger partial charge in [-0.25, -0.2) is 13.8 Å². The first-order valence-corrected chi connectivity index (χ1v) is 6.27. The van der Waals surface area contributed by atoms with Crippen molar-refractivity contribution >= 4 is 11.9 Å². The largest absolute Gasteiger partial charge is 0.323 e.